The number of pyridine rings is 1. The molecule has 1 fully saturated rings. The van der Waals surface area contributed by atoms with Gasteiger partial charge in [0.05, 0.1) is 12.1 Å². The molecule has 4 rings (SSSR count). The lowest BCUT2D eigenvalue weighted by Crippen LogP contribution is -2.53. The molecule has 1 saturated carbocycles. The van der Waals surface area contributed by atoms with Crippen LogP contribution in [0.2, 0.25) is 0 Å². The molecule has 0 radical (unpaired) electrons. The summed E-state index contributed by atoms with van der Waals surface area (Å²) in [7, 11) is 1.62. The summed E-state index contributed by atoms with van der Waals surface area (Å²) in [5.74, 6) is -2.28. The Morgan fingerprint density at radius 1 is 1.30 bits per heavy atom. The van der Waals surface area contributed by atoms with Crippen molar-refractivity contribution in [2.75, 3.05) is 20.3 Å². The summed E-state index contributed by atoms with van der Waals surface area (Å²) in [5.41, 5.74) is -0.516. The highest BCUT2D eigenvalue weighted by atomic mass is 19.1. The molecule has 7 nitrogen and oxygen atoms in total. The smallest absolute Gasteiger partial charge is 0.271 e. The minimum atomic E-state index is -0.785. The van der Waals surface area contributed by atoms with Crippen molar-refractivity contribution in [1.82, 2.24) is 14.8 Å². The quantitative estimate of drug-likeness (QED) is 0.720. The molecular formula is C24H27F2N3O4. The number of hydrogen-bond acceptors (Lipinski definition) is 4. The zero-order chi connectivity index (χ0) is 24.1. The zero-order valence-electron chi connectivity index (χ0n) is 19.1. The van der Waals surface area contributed by atoms with E-state index in [1.807, 2.05) is 13.8 Å². The highest BCUT2D eigenvalue weighted by Crippen LogP contribution is 2.53. The zero-order valence-corrected chi connectivity index (χ0v) is 19.1. The van der Waals surface area contributed by atoms with E-state index in [0.717, 1.165) is 18.6 Å². The molecule has 2 heterocycles. The number of nitrogens with one attached hydrogen (secondary N) is 1. The number of ether oxygens (including phenoxy) is 1. The standard InChI is InChI=1S/C24H27F2N3O4/c1-13(2)28-12-24(8-16(24)11-33-4)29-10-18(21(30)14(3)20(29)23(28)32)22(31)27-9-15-5-6-17(25)7-19(15)26/h5-7,10,13,16H,8-9,11-12H2,1-4H3,(H,27,31)/t16-,24+/m1/s1. The second-order valence-electron chi connectivity index (χ2n) is 9.12. The predicted octanol–water partition coefficient (Wildman–Crippen LogP) is 2.59. The Morgan fingerprint density at radius 3 is 2.67 bits per heavy atom. The number of carbonyl (C=O) groups is 2. The van der Waals surface area contributed by atoms with Gasteiger partial charge in [0, 0.05) is 55.5 Å². The van der Waals surface area contributed by atoms with Crippen molar-refractivity contribution in [2.24, 2.45) is 5.92 Å². The van der Waals surface area contributed by atoms with E-state index in [1.54, 1.807) is 23.5 Å². The first kappa shape index (κ1) is 23.1. The molecule has 1 spiro atoms. The molecule has 2 aromatic rings. The Morgan fingerprint density at radius 2 is 2.03 bits per heavy atom. The number of halogens is 2. The molecule has 1 aliphatic heterocycles. The number of amides is 2. The maximum absolute atomic E-state index is 13.9. The summed E-state index contributed by atoms with van der Waals surface area (Å²) in [6.07, 6.45) is 2.21. The molecular weight excluding hydrogens is 432 g/mol. The first-order chi connectivity index (χ1) is 15.6. The van der Waals surface area contributed by atoms with E-state index in [-0.39, 0.29) is 41.1 Å². The molecule has 1 aromatic heterocycles. The minimum absolute atomic E-state index is 0.0463. The number of nitrogens with zero attached hydrogens (tertiary/aromatic N) is 2. The van der Waals surface area contributed by atoms with Crippen LogP contribution in [0.1, 0.15) is 52.2 Å². The van der Waals surface area contributed by atoms with Crippen molar-refractivity contribution in [3.8, 4) is 0 Å². The van der Waals surface area contributed by atoms with Crippen LogP contribution >= 0.6 is 0 Å². The van der Waals surface area contributed by atoms with Gasteiger partial charge in [-0.3, -0.25) is 14.4 Å². The minimum Gasteiger partial charge on any atom is -0.384 e. The number of benzene rings is 1. The highest BCUT2D eigenvalue weighted by molar-refractivity contribution is 5.98. The van der Waals surface area contributed by atoms with Gasteiger partial charge in [-0.1, -0.05) is 6.07 Å². The van der Waals surface area contributed by atoms with Gasteiger partial charge in [-0.2, -0.15) is 0 Å². The van der Waals surface area contributed by atoms with Crippen molar-refractivity contribution < 1.29 is 23.1 Å². The van der Waals surface area contributed by atoms with Gasteiger partial charge in [-0.15, -0.1) is 0 Å². The van der Waals surface area contributed by atoms with Crippen LogP contribution in [-0.4, -0.2) is 47.6 Å². The van der Waals surface area contributed by atoms with Crippen molar-refractivity contribution in [3.63, 3.8) is 0 Å². The van der Waals surface area contributed by atoms with Crippen molar-refractivity contribution >= 4 is 11.8 Å². The Hall–Kier alpha value is -3.07. The fourth-order valence-electron chi connectivity index (χ4n) is 4.72. The van der Waals surface area contributed by atoms with E-state index in [4.69, 9.17) is 4.74 Å². The third-order valence-electron chi connectivity index (χ3n) is 6.72. The van der Waals surface area contributed by atoms with E-state index < -0.39 is 28.5 Å². The topological polar surface area (TPSA) is 80.6 Å². The summed E-state index contributed by atoms with van der Waals surface area (Å²) in [6, 6.07) is 3.03. The number of rotatable bonds is 6. The number of fused-ring (bicyclic) bond motifs is 2. The van der Waals surface area contributed by atoms with Crippen molar-refractivity contribution in [2.45, 2.75) is 45.3 Å². The van der Waals surface area contributed by atoms with Gasteiger partial charge in [0.15, 0.2) is 5.43 Å². The van der Waals surface area contributed by atoms with Crippen LogP contribution in [-0.2, 0) is 16.8 Å². The fourth-order valence-corrected chi connectivity index (χ4v) is 4.72. The average Bonchev–Trinajstić information content (AvgIpc) is 3.44. The van der Waals surface area contributed by atoms with Gasteiger partial charge in [0.2, 0.25) is 0 Å². The van der Waals surface area contributed by atoms with Crippen LogP contribution in [0.5, 0.6) is 0 Å². The number of aromatic nitrogens is 1. The number of hydrogen-bond donors (Lipinski definition) is 1. The molecule has 176 valence electrons. The molecule has 0 saturated heterocycles. The van der Waals surface area contributed by atoms with Gasteiger partial charge in [0.25, 0.3) is 11.8 Å². The SMILES string of the molecule is COC[C@H]1C[C@]12CN(C(C)C)C(=O)c1c(C)c(=O)c(C(=O)NCc3ccc(F)cc3F)cn12. The van der Waals surface area contributed by atoms with Crippen LogP contribution in [0, 0.1) is 24.5 Å². The molecule has 1 aromatic carbocycles. The summed E-state index contributed by atoms with van der Waals surface area (Å²) in [6.45, 7) is 6.17. The Labute approximate surface area is 190 Å². The second-order valence-corrected chi connectivity index (χ2v) is 9.12. The van der Waals surface area contributed by atoms with Crippen LogP contribution in [0.25, 0.3) is 0 Å². The number of carbonyl (C=O) groups excluding carboxylic acids is 2. The lowest BCUT2D eigenvalue weighted by atomic mass is 10.00. The third kappa shape index (κ3) is 3.84. The molecule has 2 amide bonds. The van der Waals surface area contributed by atoms with Crippen molar-refractivity contribution in [3.05, 3.63) is 68.6 Å². The van der Waals surface area contributed by atoms with E-state index in [1.165, 1.54) is 12.3 Å². The van der Waals surface area contributed by atoms with E-state index in [0.29, 0.717) is 18.8 Å². The van der Waals surface area contributed by atoms with Crippen LogP contribution in [0.4, 0.5) is 8.78 Å². The van der Waals surface area contributed by atoms with Gasteiger partial charge in [-0.05, 0) is 33.3 Å². The second kappa shape index (κ2) is 8.37. The maximum atomic E-state index is 13.9. The largest absolute Gasteiger partial charge is 0.384 e. The lowest BCUT2D eigenvalue weighted by molar-refractivity contribution is 0.0548. The van der Waals surface area contributed by atoms with Crippen LogP contribution in [0.3, 0.4) is 0 Å². The van der Waals surface area contributed by atoms with Gasteiger partial charge in [0.1, 0.15) is 22.9 Å². The van der Waals surface area contributed by atoms with Gasteiger partial charge < -0.3 is 19.5 Å². The van der Waals surface area contributed by atoms with E-state index >= 15 is 0 Å². The van der Waals surface area contributed by atoms with Crippen LogP contribution in [0.15, 0.2) is 29.2 Å². The normalized spacial score (nSPS) is 21.5. The molecule has 1 N–H and O–H groups in total. The summed E-state index contributed by atoms with van der Waals surface area (Å²) in [5, 5.41) is 2.54. The summed E-state index contributed by atoms with van der Waals surface area (Å²) < 4.78 is 34.2. The molecule has 2 atom stereocenters. The van der Waals surface area contributed by atoms with E-state index in [2.05, 4.69) is 5.32 Å². The van der Waals surface area contributed by atoms with Crippen LogP contribution < -0.4 is 10.7 Å². The van der Waals surface area contributed by atoms with E-state index in [9.17, 15) is 23.2 Å². The highest BCUT2D eigenvalue weighted by Gasteiger charge is 2.60. The monoisotopic (exact) mass is 459 g/mol. The Balaban J connectivity index is 1.72. The average molecular weight is 459 g/mol. The fraction of sp³-hybridized carbons (Fsp3) is 0.458. The first-order valence-corrected chi connectivity index (χ1v) is 10.9. The van der Waals surface area contributed by atoms with Gasteiger partial charge in [-0.25, -0.2) is 8.78 Å². The predicted molar refractivity (Wildman–Crippen MR) is 117 cm³/mol. The lowest BCUT2D eigenvalue weighted by Gasteiger charge is -2.40. The maximum Gasteiger partial charge on any atom is 0.271 e. The molecule has 2 aliphatic rings. The Bertz CT molecular complexity index is 1190. The molecule has 1 aliphatic carbocycles. The first-order valence-electron chi connectivity index (χ1n) is 10.9. The van der Waals surface area contributed by atoms with Crippen molar-refractivity contribution in [1.29, 1.82) is 0 Å². The third-order valence-corrected chi connectivity index (χ3v) is 6.72. The molecule has 0 bridgehead atoms. The summed E-state index contributed by atoms with van der Waals surface area (Å²) >= 11 is 0. The summed E-state index contributed by atoms with van der Waals surface area (Å²) in [4.78, 5) is 41.0. The molecule has 33 heavy (non-hydrogen) atoms. The molecule has 0 unspecified atom stereocenters. The number of methoxy groups -OCH3 is 1. The Kier molecular flexibility index (Phi) is 5.86. The van der Waals surface area contributed by atoms with Gasteiger partial charge >= 0.3 is 0 Å². The molecule has 9 heteroatoms.